The van der Waals surface area contributed by atoms with Crippen molar-refractivity contribution in [3.63, 3.8) is 0 Å². The van der Waals surface area contributed by atoms with E-state index in [1.54, 1.807) is 0 Å². The number of likely N-dealkylation sites (tertiary alicyclic amines) is 2. The molecule has 60 heavy (non-hydrogen) atoms. The van der Waals surface area contributed by atoms with E-state index in [0.717, 1.165) is 100 Å². The molecule has 5 aromatic rings. The fraction of sp³-hybridized carbons (Fsp3) is 0.435. The van der Waals surface area contributed by atoms with E-state index in [-0.39, 0.29) is 35.7 Å². The highest BCUT2D eigenvalue weighted by Gasteiger charge is 2.39. The van der Waals surface area contributed by atoms with Gasteiger partial charge in [-0.3, -0.25) is 9.59 Å². The summed E-state index contributed by atoms with van der Waals surface area (Å²) in [5.74, 6) is 1.08. The Bertz CT molecular complexity index is 2440. The van der Waals surface area contributed by atoms with Gasteiger partial charge in [-0.25, -0.2) is 19.6 Å². The summed E-state index contributed by atoms with van der Waals surface area (Å²) in [5, 5.41) is 7.67. The van der Waals surface area contributed by atoms with Gasteiger partial charge in [0.05, 0.1) is 49.6 Å². The van der Waals surface area contributed by atoms with Crippen LogP contribution in [0.2, 0.25) is 0 Å². The average molecular weight is 815 g/mol. The molecule has 4 atom stereocenters. The fourth-order valence-corrected chi connectivity index (χ4v) is 9.10. The Labute approximate surface area is 349 Å². The SMILES string of the molecule is COC(=O)NC(C(=O)N1CCC[C@H]1c1ncc(-c2ccc3cc(-c4ccc5c(c4)CCc4nc([C@@H]6CCCN6C(=O)[C@@H](NC(=O)OC)C(C)C)[nH]c4-5)ccc3c2)[nH]1)C(C)C. The van der Waals surface area contributed by atoms with Crippen LogP contribution in [0.4, 0.5) is 9.59 Å². The Morgan fingerprint density at radius 2 is 1.25 bits per heavy atom. The lowest BCUT2D eigenvalue weighted by Gasteiger charge is -2.30. The Morgan fingerprint density at radius 1 is 0.700 bits per heavy atom. The van der Waals surface area contributed by atoms with Gasteiger partial charge in [-0.15, -0.1) is 0 Å². The predicted molar refractivity (Wildman–Crippen MR) is 228 cm³/mol. The second-order valence-corrected chi connectivity index (χ2v) is 16.9. The van der Waals surface area contributed by atoms with E-state index >= 15 is 0 Å². The Morgan fingerprint density at radius 3 is 1.85 bits per heavy atom. The molecule has 314 valence electrons. The summed E-state index contributed by atoms with van der Waals surface area (Å²) in [4.78, 5) is 72.0. The predicted octanol–water partition coefficient (Wildman–Crippen LogP) is 7.47. The number of methoxy groups -OCH3 is 2. The number of nitrogens with one attached hydrogen (secondary N) is 4. The molecule has 8 rings (SSSR count). The minimum absolute atomic E-state index is 0.0992. The molecule has 4 heterocycles. The van der Waals surface area contributed by atoms with Gasteiger partial charge in [0.2, 0.25) is 11.8 Å². The summed E-state index contributed by atoms with van der Waals surface area (Å²) in [6.45, 7) is 8.86. The third-order valence-electron chi connectivity index (χ3n) is 12.4. The van der Waals surface area contributed by atoms with Crippen molar-refractivity contribution in [3.8, 4) is 33.6 Å². The van der Waals surface area contributed by atoms with E-state index in [2.05, 4.69) is 75.2 Å². The summed E-state index contributed by atoms with van der Waals surface area (Å²) in [7, 11) is 2.60. The lowest BCUT2D eigenvalue weighted by atomic mass is 9.89. The molecule has 2 aromatic heterocycles. The third kappa shape index (κ3) is 7.82. The zero-order chi connectivity index (χ0) is 42.2. The minimum Gasteiger partial charge on any atom is -0.453 e. The first-order valence-corrected chi connectivity index (χ1v) is 21.1. The monoisotopic (exact) mass is 814 g/mol. The number of hydrogen-bond donors (Lipinski definition) is 4. The number of carbonyl (C=O) groups excluding carboxylic acids is 4. The van der Waals surface area contributed by atoms with Crippen molar-refractivity contribution < 1.29 is 28.7 Å². The number of alkyl carbamates (subject to hydrolysis) is 2. The zero-order valence-corrected chi connectivity index (χ0v) is 35.1. The Hall–Kier alpha value is -6.18. The summed E-state index contributed by atoms with van der Waals surface area (Å²) in [6, 6.07) is 17.8. The van der Waals surface area contributed by atoms with Crippen LogP contribution >= 0.6 is 0 Å². The summed E-state index contributed by atoms with van der Waals surface area (Å²) >= 11 is 0. The quantitative estimate of drug-likeness (QED) is 0.112. The number of benzene rings is 3. The minimum atomic E-state index is -0.687. The van der Waals surface area contributed by atoms with Crippen LogP contribution in [0.25, 0.3) is 44.4 Å². The summed E-state index contributed by atoms with van der Waals surface area (Å²) < 4.78 is 9.57. The number of rotatable bonds is 10. The molecule has 4 N–H and O–H groups in total. The maximum Gasteiger partial charge on any atom is 0.407 e. The van der Waals surface area contributed by atoms with Crippen LogP contribution in [0.3, 0.4) is 0 Å². The van der Waals surface area contributed by atoms with Gasteiger partial charge in [0.15, 0.2) is 0 Å². The molecule has 0 bridgehead atoms. The van der Waals surface area contributed by atoms with Gasteiger partial charge in [0.1, 0.15) is 23.7 Å². The van der Waals surface area contributed by atoms with Gasteiger partial charge in [-0.1, -0.05) is 70.2 Å². The smallest absolute Gasteiger partial charge is 0.407 e. The molecule has 1 unspecified atom stereocenters. The molecule has 2 fully saturated rings. The van der Waals surface area contributed by atoms with Crippen LogP contribution < -0.4 is 10.6 Å². The largest absolute Gasteiger partial charge is 0.453 e. The molecule has 3 aliphatic rings. The average Bonchev–Trinajstić information content (AvgIpc) is 4.09. The van der Waals surface area contributed by atoms with Gasteiger partial charge in [-0.2, -0.15) is 0 Å². The highest BCUT2D eigenvalue weighted by Crippen LogP contribution is 2.39. The summed E-state index contributed by atoms with van der Waals surface area (Å²) in [6.07, 6.45) is 5.57. The van der Waals surface area contributed by atoms with E-state index < -0.39 is 24.3 Å². The first-order valence-electron chi connectivity index (χ1n) is 21.1. The highest BCUT2D eigenvalue weighted by atomic mass is 16.5. The van der Waals surface area contributed by atoms with Crippen molar-refractivity contribution >= 4 is 34.8 Å². The maximum absolute atomic E-state index is 13.7. The number of aromatic nitrogens is 4. The van der Waals surface area contributed by atoms with Crippen molar-refractivity contribution in [1.29, 1.82) is 0 Å². The van der Waals surface area contributed by atoms with Crippen LogP contribution in [0.1, 0.15) is 88.4 Å². The van der Waals surface area contributed by atoms with E-state index in [1.165, 1.54) is 19.8 Å². The van der Waals surface area contributed by atoms with Gasteiger partial charge in [0, 0.05) is 24.2 Å². The molecule has 2 aliphatic heterocycles. The van der Waals surface area contributed by atoms with Gasteiger partial charge >= 0.3 is 12.2 Å². The standard InChI is InChI=1S/C46H54N8O6/c1-25(2)38(51-45(57)59-5)43(55)53-19-7-9-36(53)41-47-24-35(49-41)32-14-13-28-21-27(11-12-29(28)23-32)30-15-17-33-31(22-30)16-18-34-40(33)50-42(48-34)37-10-8-20-54(37)44(56)39(26(3)4)52-46(58)60-6/h11-15,17,21-26,36-39H,7-10,16,18-20H2,1-6H3,(H,47,49)(H,48,50)(H,51,57)(H,52,58)/t36-,37-,38?,39-/m0/s1. The lowest BCUT2D eigenvalue weighted by molar-refractivity contribution is -0.136. The maximum atomic E-state index is 13.7. The number of imidazole rings is 2. The molecule has 4 amide bonds. The molecule has 1 aliphatic carbocycles. The van der Waals surface area contributed by atoms with Crippen molar-refractivity contribution in [2.75, 3.05) is 27.3 Å². The zero-order valence-electron chi connectivity index (χ0n) is 35.1. The molecule has 14 nitrogen and oxygen atoms in total. The van der Waals surface area contributed by atoms with Crippen LogP contribution in [-0.4, -0.2) is 93.1 Å². The molecule has 14 heteroatoms. The first kappa shape index (κ1) is 40.6. The Balaban J connectivity index is 0.977. The molecule has 2 saturated heterocycles. The van der Waals surface area contributed by atoms with Gasteiger partial charge < -0.3 is 39.9 Å². The number of ether oxygens (including phenoxy) is 2. The number of H-pyrrole nitrogens is 2. The topological polar surface area (TPSA) is 175 Å². The van der Waals surface area contributed by atoms with Crippen molar-refractivity contribution in [1.82, 2.24) is 40.4 Å². The lowest BCUT2D eigenvalue weighted by Crippen LogP contribution is -2.51. The van der Waals surface area contributed by atoms with Gasteiger partial charge in [0.25, 0.3) is 0 Å². The van der Waals surface area contributed by atoms with Crippen LogP contribution in [0.5, 0.6) is 0 Å². The van der Waals surface area contributed by atoms with Crippen molar-refractivity contribution in [3.05, 3.63) is 83.7 Å². The number of hydrogen-bond acceptors (Lipinski definition) is 8. The van der Waals surface area contributed by atoms with Crippen LogP contribution in [0, 0.1) is 11.8 Å². The van der Waals surface area contributed by atoms with E-state index in [1.807, 2.05) is 43.7 Å². The number of carbonyl (C=O) groups is 4. The van der Waals surface area contributed by atoms with Crippen molar-refractivity contribution in [2.45, 2.75) is 90.4 Å². The number of fused-ring (bicyclic) bond motifs is 4. The molecule has 3 aromatic carbocycles. The highest BCUT2D eigenvalue weighted by molar-refractivity contribution is 5.91. The number of aromatic amines is 2. The number of amides is 4. The summed E-state index contributed by atoms with van der Waals surface area (Å²) in [5.41, 5.74) is 8.57. The fourth-order valence-electron chi connectivity index (χ4n) is 9.10. The van der Waals surface area contributed by atoms with Gasteiger partial charge in [-0.05, 0) is 90.0 Å². The number of aryl methyl sites for hydroxylation is 2. The normalized spacial score (nSPS) is 18.3. The molecule has 0 spiro atoms. The van der Waals surface area contributed by atoms with Crippen LogP contribution in [0.15, 0.2) is 60.8 Å². The molecule has 0 radical (unpaired) electrons. The van der Waals surface area contributed by atoms with Crippen LogP contribution in [-0.2, 0) is 31.9 Å². The van der Waals surface area contributed by atoms with E-state index in [0.29, 0.717) is 13.1 Å². The van der Waals surface area contributed by atoms with E-state index in [4.69, 9.17) is 19.4 Å². The third-order valence-corrected chi connectivity index (χ3v) is 12.4. The molecular weight excluding hydrogens is 761 g/mol. The Kier molecular flexibility index (Phi) is 11.4. The molecule has 0 saturated carbocycles. The second kappa shape index (κ2) is 16.8. The first-order chi connectivity index (χ1) is 28.9. The van der Waals surface area contributed by atoms with Crippen molar-refractivity contribution in [2.24, 2.45) is 11.8 Å². The van der Waals surface area contributed by atoms with E-state index in [9.17, 15) is 19.2 Å². The number of nitrogens with zero attached hydrogens (tertiary/aromatic N) is 4. The second-order valence-electron chi connectivity index (χ2n) is 16.9. The molecular formula is C46H54N8O6.